The fourth-order valence-electron chi connectivity index (χ4n) is 2.46. The summed E-state index contributed by atoms with van der Waals surface area (Å²) in [5.41, 5.74) is 1.37. The zero-order valence-corrected chi connectivity index (χ0v) is 11.2. The van der Waals surface area contributed by atoms with Gasteiger partial charge in [0, 0.05) is 30.4 Å². The largest absolute Gasteiger partial charge is 0.378 e. The lowest BCUT2D eigenvalue weighted by Crippen LogP contribution is -2.08. The molecule has 1 atom stereocenters. The van der Waals surface area contributed by atoms with Crippen molar-refractivity contribution >= 4 is 11.3 Å². The summed E-state index contributed by atoms with van der Waals surface area (Å²) < 4.78 is 5.69. The summed E-state index contributed by atoms with van der Waals surface area (Å²) in [5.74, 6) is 0.757. The van der Waals surface area contributed by atoms with Gasteiger partial charge in [0.05, 0.1) is 16.8 Å². The molecule has 0 amide bonds. The van der Waals surface area contributed by atoms with Gasteiger partial charge in [-0.25, -0.2) is 4.98 Å². The Labute approximate surface area is 107 Å². The second-order valence-corrected chi connectivity index (χ2v) is 6.23. The van der Waals surface area contributed by atoms with Crippen LogP contribution in [0.4, 0.5) is 0 Å². The Morgan fingerprint density at radius 2 is 2.29 bits per heavy atom. The molecule has 1 aliphatic carbocycles. The number of nitrogens with one attached hydrogen (secondary N) is 1. The molecule has 1 N–H and O–H groups in total. The molecule has 3 nitrogen and oxygen atoms in total. The van der Waals surface area contributed by atoms with Gasteiger partial charge in [-0.15, -0.1) is 11.3 Å². The highest BCUT2D eigenvalue weighted by molar-refractivity contribution is 7.11. The molecule has 2 fully saturated rings. The van der Waals surface area contributed by atoms with Crippen molar-refractivity contribution in [3.05, 3.63) is 15.6 Å². The van der Waals surface area contributed by atoms with E-state index >= 15 is 0 Å². The maximum atomic E-state index is 5.69. The number of hydrogen-bond acceptors (Lipinski definition) is 4. The molecule has 0 aromatic carbocycles. The Hall–Kier alpha value is -0.450. The maximum Gasteiger partial charge on any atom is 0.0957 e. The molecular formula is C13H20N2OS. The third-order valence-corrected chi connectivity index (χ3v) is 4.59. The highest BCUT2D eigenvalue weighted by atomic mass is 32.1. The van der Waals surface area contributed by atoms with Gasteiger partial charge in [0.1, 0.15) is 0 Å². The molecule has 17 heavy (non-hydrogen) atoms. The van der Waals surface area contributed by atoms with Gasteiger partial charge in [-0.3, -0.25) is 0 Å². The minimum absolute atomic E-state index is 0.427. The molecule has 0 spiro atoms. The number of ether oxygens (including phenoxy) is 1. The smallest absolute Gasteiger partial charge is 0.0957 e. The molecule has 4 heteroatoms. The van der Waals surface area contributed by atoms with Crippen molar-refractivity contribution in [1.29, 1.82) is 0 Å². The van der Waals surface area contributed by atoms with E-state index in [1.165, 1.54) is 41.3 Å². The lowest BCUT2D eigenvalue weighted by atomic mass is 10.2. The van der Waals surface area contributed by atoms with Gasteiger partial charge in [0.2, 0.25) is 0 Å². The number of rotatable bonds is 5. The third-order valence-electron chi connectivity index (χ3n) is 3.50. The minimum Gasteiger partial charge on any atom is -0.378 e. The van der Waals surface area contributed by atoms with Crippen LogP contribution in [0.3, 0.4) is 0 Å². The van der Waals surface area contributed by atoms with E-state index in [1.807, 2.05) is 18.4 Å². The minimum atomic E-state index is 0.427. The molecule has 1 aliphatic heterocycles. The topological polar surface area (TPSA) is 34.1 Å². The van der Waals surface area contributed by atoms with Gasteiger partial charge in [-0.1, -0.05) is 0 Å². The Balaban J connectivity index is 1.72. The molecule has 1 saturated heterocycles. The molecule has 1 aromatic rings. The van der Waals surface area contributed by atoms with Crippen LogP contribution in [0.2, 0.25) is 0 Å². The van der Waals surface area contributed by atoms with E-state index in [4.69, 9.17) is 9.72 Å². The van der Waals surface area contributed by atoms with Gasteiger partial charge in [0.15, 0.2) is 0 Å². The standard InChI is InChI=1S/C13H20N2OS/c1-14-8-11-13(9-4-5-9)15-12(17-11)7-10-3-2-6-16-10/h9-10,14H,2-8H2,1H3. The lowest BCUT2D eigenvalue weighted by Gasteiger charge is -2.05. The summed E-state index contributed by atoms with van der Waals surface area (Å²) in [5, 5.41) is 4.53. The monoisotopic (exact) mass is 252 g/mol. The maximum absolute atomic E-state index is 5.69. The number of hydrogen-bond donors (Lipinski definition) is 1. The van der Waals surface area contributed by atoms with Crippen molar-refractivity contribution in [2.24, 2.45) is 0 Å². The fourth-order valence-corrected chi connectivity index (χ4v) is 3.70. The van der Waals surface area contributed by atoms with Crippen LogP contribution < -0.4 is 5.32 Å². The van der Waals surface area contributed by atoms with Crippen LogP contribution in [0.5, 0.6) is 0 Å². The van der Waals surface area contributed by atoms with Gasteiger partial charge in [0.25, 0.3) is 0 Å². The van der Waals surface area contributed by atoms with Gasteiger partial charge in [-0.2, -0.15) is 0 Å². The van der Waals surface area contributed by atoms with Gasteiger partial charge >= 0.3 is 0 Å². The summed E-state index contributed by atoms with van der Waals surface area (Å²) in [4.78, 5) is 6.30. The van der Waals surface area contributed by atoms with Crippen molar-refractivity contribution in [2.75, 3.05) is 13.7 Å². The average molecular weight is 252 g/mol. The van der Waals surface area contributed by atoms with E-state index in [1.54, 1.807) is 0 Å². The molecule has 1 unspecified atom stereocenters. The van der Waals surface area contributed by atoms with Crippen LogP contribution in [0.15, 0.2) is 0 Å². The van der Waals surface area contributed by atoms with E-state index in [9.17, 15) is 0 Å². The van der Waals surface area contributed by atoms with Crippen molar-refractivity contribution in [3.63, 3.8) is 0 Å². The van der Waals surface area contributed by atoms with Crippen molar-refractivity contribution in [2.45, 2.75) is 50.7 Å². The molecule has 94 valence electrons. The van der Waals surface area contributed by atoms with E-state index in [0.29, 0.717) is 6.10 Å². The Kier molecular flexibility index (Phi) is 3.45. The number of nitrogens with zero attached hydrogens (tertiary/aromatic N) is 1. The molecule has 2 heterocycles. The van der Waals surface area contributed by atoms with E-state index in [0.717, 1.165) is 25.5 Å². The van der Waals surface area contributed by atoms with Crippen LogP contribution in [-0.2, 0) is 17.7 Å². The molecule has 2 aliphatic rings. The molecule has 1 aromatic heterocycles. The quantitative estimate of drug-likeness (QED) is 0.874. The van der Waals surface area contributed by atoms with Crippen LogP contribution in [0, 0.1) is 0 Å². The van der Waals surface area contributed by atoms with Crippen molar-refractivity contribution in [1.82, 2.24) is 10.3 Å². The molecule has 0 bridgehead atoms. The summed E-state index contributed by atoms with van der Waals surface area (Å²) >= 11 is 1.89. The fraction of sp³-hybridized carbons (Fsp3) is 0.769. The lowest BCUT2D eigenvalue weighted by molar-refractivity contribution is 0.111. The Morgan fingerprint density at radius 3 is 2.94 bits per heavy atom. The Bertz CT molecular complexity index is 381. The van der Waals surface area contributed by atoms with Crippen molar-refractivity contribution < 1.29 is 4.74 Å². The normalized spacial score (nSPS) is 24.4. The first-order chi connectivity index (χ1) is 8.36. The summed E-state index contributed by atoms with van der Waals surface area (Å²) in [6.45, 7) is 1.91. The zero-order valence-electron chi connectivity index (χ0n) is 10.4. The van der Waals surface area contributed by atoms with Gasteiger partial charge in [-0.05, 0) is 32.7 Å². The van der Waals surface area contributed by atoms with Crippen LogP contribution >= 0.6 is 11.3 Å². The van der Waals surface area contributed by atoms with Gasteiger partial charge < -0.3 is 10.1 Å². The molecule has 3 rings (SSSR count). The summed E-state index contributed by atoms with van der Waals surface area (Å²) in [6.07, 6.45) is 6.54. The highest BCUT2D eigenvalue weighted by Crippen LogP contribution is 2.42. The Morgan fingerprint density at radius 1 is 1.41 bits per heavy atom. The highest BCUT2D eigenvalue weighted by Gasteiger charge is 2.30. The molecule has 0 radical (unpaired) electrons. The number of aromatic nitrogens is 1. The van der Waals surface area contributed by atoms with E-state index < -0.39 is 0 Å². The second kappa shape index (κ2) is 5.04. The third kappa shape index (κ3) is 2.69. The predicted octanol–water partition coefficient (Wildman–Crippen LogP) is 2.46. The van der Waals surface area contributed by atoms with E-state index in [2.05, 4.69) is 5.32 Å². The number of thiazole rings is 1. The predicted molar refractivity (Wildman–Crippen MR) is 69.5 cm³/mol. The van der Waals surface area contributed by atoms with Crippen LogP contribution in [0.25, 0.3) is 0 Å². The molecular weight excluding hydrogens is 232 g/mol. The summed E-state index contributed by atoms with van der Waals surface area (Å²) in [7, 11) is 2.01. The molecule has 1 saturated carbocycles. The first-order valence-electron chi connectivity index (χ1n) is 6.61. The second-order valence-electron chi connectivity index (χ2n) is 5.06. The first kappa shape index (κ1) is 11.6. The zero-order chi connectivity index (χ0) is 11.7. The average Bonchev–Trinajstić information content (AvgIpc) is 2.90. The van der Waals surface area contributed by atoms with E-state index in [-0.39, 0.29) is 0 Å². The van der Waals surface area contributed by atoms with Crippen molar-refractivity contribution in [3.8, 4) is 0 Å². The van der Waals surface area contributed by atoms with Crippen LogP contribution in [-0.4, -0.2) is 24.7 Å². The first-order valence-corrected chi connectivity index (χ1v) is 7.43. The van der Waals surface area contributed by atoms with Crippen LogP contribution in [0.1, 0.15) is 47.2 Å². The SMILES string of the molecule is CNCc1sc(CC2CCCO2)nc1C1CC1. The summed E-state index contributed by atoms with van der Waals surface area (Å²) in [6, 6.07) is 0.